The van der Waals surface area contributed by atoms with Crippen LogP contribution < -0.4 is 10.9 Å². The molecular formula is C10H12N4O2S. The maximum atomic E-state index is 11.5. The van der Waals surface area contributed by atoms with Crippen molar-refractivity contribution < 1.29 is 8.42 Å². The number of rotatable bonds is 2. The van der Waals surface area contributed by atoms with Crippen LogP contribution in [0, 0.1) is 6.92 Å². The van der Waals surface area contributed by atoms with Gasteiger partial charge >= 0.3 is 0 Å². The van der Waals surface area contributed by atoms with Crippen LogP contribution in [0.3, 0.4) is 0 Å². The third-order valence-corrected chi connectivity index (χ3v) is 3.26. The van der Waals surface area contributed by atoms with Crippen LogP contribution in [0.5, 0.6) is 0 Å². The molecule has 6 nitrogen and oxygen atoms in total. The number of para-hydroxylation sites is 1. The predicted molar refractivity (Wildman–Crippen MR) is 64.1 cm³/mol. The molecule has 1 aromatic heterocycles. The zero-order valence-corrected chi connectivity index (χ0v) is 9.98. The third-order valence-electron chi connectivity index (χ3n) is 2.31. The van der Waals surface area contributed by atoms with Crippen molar-refractivity contribution in [2.75, 3.05) is 5.73 Å². The van der Waals surface area contributed by atoms with E-state index in [1.54, 1.807) is 31.2 Å². The van der Waals surface area contributed by atoms with Gasteiger partial charge in [-0.2, -0.15) is 5.10 Å². The summed E-state index contributed by atoms with van der Waals surface area (Å²) >= 11 is 0. The highest BCUT2D eigenvalue weighted by molar-refractivity contribution is 7.89. The summed E-state index contributed by atoms with van der Waals surface area (Å²) in [5, 5.41) is 9.18. The first kappa shape index (κ1) is 11.6. The molecule has 1 aromatic carbocycles. The minimum atomic E-state index is -3.79. The van der Waals surface area contributed by atoms with Gasteiger partial charge in [-0.25, -0.2) is 18.2 Å². The molecule has 0 spiro atoms. The van der Waals surface area contributed by atoms with E-state index in [-0.39, 0.29) is 4.90 Å². The van der Waals surface area contributed by atoms with E-state index in [4.69, 9.17) is 10.9 Å². The van der Waals surface area contributed by atoms with Crippen molar-refractivity contribution in [1.82, 2.24) is 9.78 Å². The minimum absolute atomic E-state index is 0.0196. The van der Waals surface area contributed by atoms with Gasteiger partial charge in [-0.05, 0) is 19.1 Å². The van der Waals surface area contributed by atoms with Crippen molar-refractivity contribution in [2.45, 2.75) is 11.8 Å². The summed E-state index contributed by atoms with van der Waals surface area (Å²) < 4.78 is 24.4. The standard InChI is InChI=1S/C10H12N4O2S/c1-7-6-10(11)13-14(7)8-4-2-3-5-9(8)17(12,15)16/h2-6H,1H3,(H2,11,13)(H2,12,15,16). The topological polar surface area (TPSA) is 104 Å². The van der Waals surface area contributed by atoms with Crippen LogP contribution in [0.2, 0.25) is 0 Å². The highest BCUT2D eigenvalue weighted by Gasteiger charge is 2.16. The summed E-state index contributed by atoms with van der Waals surface area (Å²) in [5.41, 5.74) is 6.69. The highest BCUT2D eigenvalue weighted by atomic mass is 32.2. The fraction of sp³-hybridized carbons (Fsp3) is 0.100. The molecule has 7 heteroatoms. The Morgan fingerprint density at radius 3 is 2.47 bits per heavy atom. The second-order valence-electron chi connectivity index (χ2n) is 3.64. The highest BCUT2D eigenvalue weighted by Crippen LogP contribution is 2.20. The largest absolute Gasteiger partial charge is 0.382 e. The maximum absolute atomic E-state index is 11.5. The number of nitrogen functional groups attached to an aromatic ring is 1. The van der Waals surface area contributed by atoms with E-state index < -0.39 is 10.0 Å². The second-order valence-corrected chi connectivity index (χ2v) is 5.16. The Bertz CT molecular complexity index is 661. The molecule has 2 rings (SSSR count). The van der Waals surface area contributed by atoms with E-state index in [1.807, 2.05) is 0 Å². The SMILES string of the molecule is Cc1cc(N)nn1-c1ccccc1S(N)(=O)=O. The van der Waals surface area contributed by atoms with Gasteiger partial charge in [-0.1, -0.05) is 12.1 Å². The molecule has 0 unspecified atom stereocenters. The molecule has 0 aliphatic rings. The van der Waals surface area contributed by atoms with Gasteiger partial charge in [-0.3, -0.25) is 0 Å². The Labute approximate surface area is 98.9 Å². The first-order valence-corrected chi connectivity index (χ1v) is 6.38. The monoisotopic (exact) mass is 252 g/mol. The number of nitrogens with two attached hydrogens (primary N) is 2. The third kappa shape index (κ3) is 2.15. The first-order chi connectivity index (χ1) is 7.89. The summed E-state index contributed by atoms with van der Waals surface area (Å²) in [6.45, 7) is 1.78. The summed E-state index contributed by atoms with van der Waals surface area (Å²) in [4.78, 5) is 0.0196. The number of anilines is 1. The molecule has 0 radical (unpaired) electrons. The minimum Gasteiger partial charge on any atom is -0.382 e. The van der Waals surface area contributed by atoms with Crippen molar-refractivity contribution in [3.05, 3.63) is 36.0 Å². The normalized spacial score (nSPS) is 11.6. The Kier molecular flexibility index (Phi) is 2.64. The number of benzene rings is 1. The van der Waals surface area contributed by atoms with Crippen molar-refractivity contribution in [3.8, 4) is 5.69 Å². The fourth-order valence-electron chi connectivity index (χ4n) is 1.61. The molecule has 90 valence electrons. The zero-order chi connectivity index (χ0) is 12.6. The quantitative estimate of drug-likeness (QED) is 0.807. The molecule has 0 fully saturated rings. The van der Waals surface area contributed by atoms with Crippen LogP contribution in [0.1, 0.15) is 5.69 Å². The van der Waals surface area contributed by atoms with Gasteiger partial charge in [0, 0.05) is 11.8 Å². The van der Waals surface area contributed by atoms with Crippen molar-refractivity contribution in [1.29, 1.82) is 0 Å². The fourth-order valence-corrected chi connectivity index (χ4v) is 2.33. The lowest BCUT2D eigenvalue weighted by atomic mass is 10.3. The molecule has 0 aliphatic carbocycles. The van der Waals surface area contributed by atoms with Crippen LogP contribution in [0.15, 0.2) is 35.2 Å². The summed E-state index contributed by atoms with van der Waals surface area (Å²) in [5.74, 6) is 0.326. The Balaban J connectivity index is 2.73. The van der Waals surface area contributed by atoms with Crippen LogP contribution in [-0.2, 0) is 10.0 Å². The van der Waals surface area contributed by atoms with E-state index >= 15 is 0 Å². The molecule has 2 aromatic rings. The van der Waals surface area contributed by atoms with Gasteiger partial charge in [0.05, 0.1) is 5.69 Å². The number of hydrogen-bond acceptors (Lipinski definition) is 4. The molecule has 0 bridgehead atoms. The Hall–Kier alpha value is -1.86. The molecule has 1 heterocycles. The number of aromatic nitrogens is 2. The van der Waals surface area contributed by atoms with Gasteiger partial charge in [-0.15, -0.1) is 0 Å². The first-order valence-electron chi connectivity index (χ1n) is 4.84. The lowest BCUT2D eigenvalue weighted by molar-refractivity contribution is 0.596. The van der Waals surface area contributed by atoms with Gasteiger partial charge in [0.25, 0.3) is 0 Å². The summed E-state index contributed by atoms with van der Waals surface area (Å²) in [7, 11) is -3.79. The van der Waals surface area contributed by atoms with Crippen molar-refractivity contribution in [2.24, 2.45) is 5.14 Å². The Morgan fingerprint density at radius 1 is 1.29 bits per heavy atom. The van der Waals surface area contributed by atoms with E-state index in [1.165, 1.54) is 10.7 Å². The van der Waals surface area contributed by atoms with Gasteiger partial charge < -0.3 is 5.73 Å². The van der Waals surface area contributed by atoms with Gasteiger partial charge in [0.15, 0.2) is 0 Å². The molecule has 17 heavy (non-hydrogen) atoms. The van der Waals surface area contributed by atoms with Crippen LogP contribution in [-0.4, -0.2) is 18.2 Å². The molecule has 0 saturated carbocycles. The van der Waals surface area contributed by atoms with Crippen LogP contribution in [0.25, 0.3) is 5.69 Å². The van der Waals surface area contributed by atoms with Crippen molar-refractivity contribution >= 4 is 15.8 Å². The lowest BCUT2D eigenvalue weighted by Crippen LogP contribution is -2.16. The lowest BCUT2D eigenvalue weighted by Gasteiger charge is -2.08. The number of sulfonamides is 1. The molecule has 4 N–H and O–H groups in total. The van der Waals surface area contributed by atoms with Gasteiger partial charge in [0.1, 0.15) is 10.7 Å². The summed E-state index contributed by atoms with van der Waals surface area (Å²) in [6, 6.07) is 8.02. The summed E-state index contributed by atoms with van der Waals surface area (Å²) in [6.07, 6.45) is 0. The number of primary sulfonamides is 1. The predicted octanol–water partition coefficient (Wildman–Crippen LogP) is 0.410. The molecule has 0 amide bonds. The van der Waals surface area contributed by atoms with E-state index in [2.05, 4.69) is 5.10 Å². The average Bonchev–Trinajstić information content (AvgIpc) is 2.56. The van der Waals surface area contributed by atoms with E-state index in [0.717, 1.165) is 5.69 Å². The van der Waals surface area contributed by atoms with E-state index in [9.17, 15) is 8.42 Å². The van der Waals surface area contributed by atoms with Crippen LogP contribution >= 0.6 is 0 Å². The average molecular weight is 252 g/mol. The molecule has 0 saturated heterocycles. The number of hydrogen-bond donors (Lipinski definition) is 2. The molecule has 0 atom stereocenters. The Morgan fingerprint density at radius 2 is 1.94 bits per heavy atom. The smallest absolute Gasteiger partial charge is 0.240 e. The maximum Gasteiger partial charge on any atom is 0.240 e. The molecule has 0 aliphatic heterocycles. The van der Waals surface area contributed by atoms with Crippen molar-refractivity contribution in [3.63, 3.8) is 0 Å². The number of aryl methyl sites for hydroxylation is 1. The molecular weight excluding hydrogens is 240 g/mol. The zero-order valence-electron chi connectivity index (χ0n) is 9.16. The van der Waals surface area contributed by atoms with Crippen LogP contribution in [0.4, 0.5) is 5.82 Å². The number of nitrogens with zero attached hydrogens (tertiary/aromatic N) is 2. The van der Waals surface area contributed by atoms with Gasteiger partial charge in [0.2, 0.25) is 10.0 Å². The van der Waals surface area contributed by atoms with E-state index in [0.29, 0.717) is 11.5 Å². The second kappa shape index (κ2) is 3.86.